The summed E-state index contributed by atoms with van der Waals surface area (Å²) in [6.45, 7) is 1.91. The largest absolute Gasteiger partial charge is 0.298 e. The third kappa shape index (κ3) is 1.54. The Morgan fingerprint density at radius 1 is 1.36 bits per heavy atom. The standard InChI is InChI=1S/C10H9N3O/c1-8-4-5-13(12-8)10-3-2-9(7-14)6-11-10/h2-7H,1H3. The average molecular weight is 187 g/mol. The molecule has 0 aliphatic heterocycles. The molecule has 0 N–H and O–H groups in total. The second-order valence-corrected chi connectivity index (χ2v) is 2.97. The van der Waals surface area contributed by atoms with Crippen LogP contribution in [0.25, 0.3) is 5.82 Å². The molecule has 0 amide bonds. The van der Waals surface area contributed by atoms with Crippen molar-refractivity contribution in [3.05, 3.63) is 41.9 Å². The number of pyridine rings is 1. The van der Waals surface area contributed by atoms with Crippen molar-refractivity contribution in [2.24, 2.45) is 0 Å². The first-order valence-electron chi connectivity index (χ1n) is 4.23. The highest BCUT2D eigenvalue weighted by Gasteiger charge is 1.98. The van der Waals surface area contributed by atoms with Gasteiger partial charge in [-0.1, -0.05) is 0 Å². The summed E-state index contributed by atoms with van der Waals surface area (Å²) in [6, 6.07) is 5.37. The van der Waals surface area contributed by atoms with E-state index in [4.69, 9.17) is 0 Å². The van der Waals surface area contributed by atoms with Crippen LogP contribution in [0.1, 0.15) is 16.1 Å². The van der Waals surface area contributed by atoms with Gasteiger partial charge >= 0.3 is 0 Å². The third-order valence-corrected chi connectivity index (χ3v) is 1.86. The molecular formula is C10H9N3O. The Morgan fingerprint density at radius 3 is 2.71 bits per heavy atom. The van der Waals surface area contributed by atoms with Crippen molar-refractivity contribution >= 4 is 6.29 Å². The Labute approximate surface area is 81.2 Å². The van der Waals surface area contributed by atoms with Crippen LogP contribution in [0.2, 0.25) is 0 Å². The van der Waals surface area contributed by atoms with Crippen LogP contribution in [0.15, 0.2) is 30.6 Å². The fraction of sp³-hybridized carbons (Fsp3) is 0.100. The van der Waals surface area contributed by atoms with E-state index >= 15 is 0 Å². The van der Waals surface area contributed by atoms with Crippen LogP contribution in [-0.2, 0) is 0 Å². The van der Waals surface area contributed by atoms with E-state index in [1.165, 1.54) is 6.20 Å². The van der Waals surface area contributed by atoms with Crippen LogP contribution < -0.4 is 0 Å². The third-order valence-electron chi connectivity index (χ3n) is 1.86. The van der Waals surface area contributed by atoms with Crippen molar-refractivity contribution in [2.45, 2.75) is 6.92 Å². The minimum atomic E-state index is 0.567. The Bertz CT molecular complexity index is 445. The number of nitrogens with zero attached hydrogens (tertiary/aromatic N) is 3. The molecule has 0 aliphatic rings. The van der Waals surface area contributed by atoms with Crippen molar-refractivity contribution < 1.29 is 4.79 Å². The number of carbonyl (C=O) groups is 1. The summed E-state index contributed by atoms with van der Waals surface area (Å²) in [5, 5.41) is 4.20. The predicted octanol–water partition coefficient (Wildman–Crippen LogP) is 1.39. The Morgan fingerprint density at radius 2 is 2.21 bits per heavy atom. The van der Waals surface area contributed by atoms with Gasteiger partial charge in [0.15, 0.2) is 12.1 Å². The number of aromatic nitrogens is 3. The number of rotatable bonds is 2. The quantitative estimate of drug-likeness (QED) is 0.667. The maximum absolute atomic E-state index is 10.4. The number of hydrogen-bond acceptors (Lipinski definition) is 3. The molecule has 0 aromatic carbocycles. The van der Waals surface area contributed by atoms with E-state index in [1.54, 1.807) is 16.8 Å². The number of aryl methyl sites for hydroxylation is 1. The van der Waals surface area contributed by atoms with Gasteiger partial charge in [0.05, 0.1) is 5.69 Å². The first kappa shape index (κ1) is 8.62. The molecular weight excluding hydrogens is 178 g/mol. The zero-order valence-corrected chi connectivity index (χ0v) is 7.71. The maximum atomic E-state index is 10.4. The molecule has 2 aromatic heterocycles. The molecule has 14 heavy (non-hydrogen) atoms. The highest BCUT2D eigenvalue weighted by Crippen LogP contribution is 2.04. The van der Waals surface area contributed by atoms with E-state index in [2.05, 4.69) is 10.1 Å². The van der Waals surface area contributed by atoms with Crippen molar-refractivity contribution in [2.75, 3.05) is 0 Å². The molecule has 2 heterocycles. The topological polar surface area (TPSA) is 47.8 Å². The molecule has 0 bridgehead atoms. The fourth-order valence-corrected chi connectivity index (χ4v) is 1.15. The number of carbonyl (C=O) groups excluding carboxylic acids is 1. The number of hydrogen-bond donors (Lipinski definition) is 0. The monoisotopic (exact) mass is 187 g/mol. The lowest BCUT2D eigenvalue weighted by molar-refractivity contribution is 0.112. The lowest BCUT2D eigenvalue weighted by Crippen LogP contribution is -1.98. The summed E-state index contributed by atoms with van der Waals surface area (Å²) in [4.78, 5) is 14.5. The summed E-state index contributed by atoms with van der Waals surface area (Å²) in [5.41, 5.74) is 1.50. The molecule has 0 fully saturated rings. The van der Waals surface area contributed by atoms with Gasteiger partial charge < -0.3 is 0 Å². The molecule has 0 radical (unpaired) electrons. The van der Waals surface area contributed by atoms with E-state index < -0.39 is 0 Å². The molecule has 0 atom stereocenters. The molecule has 0 unspecified atom stereocenters. The molecule has 2 aromatic rings. The van der Waals surface area contributed by atoms with Gasteiger partial charge in [0.1, 0.15) is 0 Å². The van der Waals surface area contributed by atoms with Crippen LogP contribution in [0.4, 0.5) is 0 Å². The van der Waals surface area contributed by atoms with Crippen LogP contribution in [0.5, 0.6) is 0 Å². The molecule has 70 valence electrons. The van der Waals surface area contributed by atoms with Crippen molar-refractivity contribution in [1.82, 2.24) is 14.8 Å². The SMILES string of the molecule is Cc1ccn(-c2ccc(C=O)cn2)n1. The van der Waals surface area contributed by atoms with Crippen LogP contribution in [-0.4, -0.2) is 21.1 Å². The molecule has 2 rings (SSSR count). The summed E-state index contributed by atoms with van der Waals surface area (Å²) in [6.07, 6.45) is 4.13. The lowest BCUT2D eigenvalue weighted by atomic mass is 10.3. The summed E-state index contributed by atoms with van der Waals surface area (Å²) in [7, 11) is 0. The van der Waals surface area contributed by atoms with Crippen molar-refractivity contribution in [3.63, 3.8) is 0 Å². The summed E-state index contributed by atoms with van der Waals surface area (Å²) >= 11 is 0. The number of aldehydes is 1. The molecule has 4 heteroatoms. The highest BCUT2D eigenvalue weighted by molar-refractivity contribution is 5.74. The summed E-state index contributed by atoms with van der Waals surface area (Å²) < 4.78 is 1.67. The van der Waals surface area contributed by atoms with Gasteiger partial charge in [-0.2, -0.15) is 5.10 Å². The zero-order chi connectivity index (χ0) is 9.97. The van der Waals surface area contributed by atoms with Crippen LogP contribution >= 0.6 is 0 Å². The normalized spacial score (nSPS) is 10.1. The second-order valence-electron chi connectivity index (χ2n) is 2.97. The molecule has 0 spiro atoms. The van der Waals surface area contributed by atoms with E-state index in [-0.39, 0.29) is 0 Å². The van der Waals surface area contributed by atoms with Crippen molar-refractivity contribution in [1.29, 1.82) is 0 Å². The predicted molar refractivity (Wildman–Crippen MR) is 51.5 cm³/mol. The lowest BCUT2D eigenvalue weighted by Gasteiger charge is -1.98. The first-order valence-corrected chi connectivity index (χ1v) is 4.23. The van der Waals surface area contributed by atoms with E-state index in [0.717, 1.165) is 12.0 Å². The summed E-state index contributed by atoms with van der Waals surface area (Å²) in [5.74, 6) is 0.712. The van der Waals surface area contributed by atoms with Crippen molar-refractivity contribution in [3.8, 4) is 5.82 Å². The molecule has 0 saturated heterocycles. The van der Waals surface area contributed by atoms with Gasteiger partial charge in [-0.15, -0.1) is 0 Å². The van der Waals surface area contributed by atoms with E-state index in [9.17, 15) is 4.79 Å². The van der Waals surface area contributed by atoms with Gasteiger partial charge in [-0.3, -0.25) is 4.79 Å². The second kappa shape index (κ2) is 3.41. The van der Waals surface area contributed by atoms with Gasteiger partial charge in [0, 0.05) is 18.0 Å². The molecule has 0 aliphatic carbocycles. The van der Waals surface area contributed by atoms with Gasteiger partial charge in [0.25, 0.3) is 0 Å². The van der Waals surface area contributed by atoms with E-state index in [0.29, 0.717) is 11.4 Å². The smallest absolute Gasteiger partial charge is 0.153 e. The van der Waals surface area contributed by atoms with Gasteiger partial charge in [-0.05, 0) is 25.1 Å². The maximum Gasteiger partial charge on any atom is 0.153 e. The van der Waals surface area contributed by atoms with Gasteiger partial charge in [0.2, 0.25) is 0 Å². The van der Waals surface area contributed by atoms with Gasteiger partial charge in [-0.25, -0.2) is 9.67 Å². The Kier molecular flexibility index (Phi) is 2.10. The minimum absolute atomic E-state index is 0.567. The average Bonchev–Trinajstić information content (AvgIpc) is 2.65. The molecule has 0 saturated carbocycles. The Hall–Kier alpha value is -1.97. The van der Waals surface area contributed by atoms with E-state index in [1.807, 2.05) is 19.2 Å². The fourth-order valence-electron chi connectivity index (χ4n) is 1.15. The Balaban J connectivity index is 2.38. The highest BCUT2D eigenvalue weighted by atomic mass is 16.1. The van der Waals surface area contributed by atoms with Crippen LogP contribution in [0.3, 0.4) is 0 Å². The zero-order valence-electron chi connectivity index (χ0n) is 7.71. The first-order chi connectivity index (χ1) is 6.79. The molecule has 4 nitrogen and oxygen atoms in total. The minimum Gasteiger partial charge on any atom is -0.298 e. The van der Waals surface area contributed by atoms with Crippen LogP contribution in [0, 0.1) is 6.92 Å².